The van der Waals surface area contributed by atoms with Crippen molar-refractivity contribution >= 4 is 110 Å². The van der Waals surface area contributed by atoms with Gasteiger partial charge in [-0.2, -0.15) is 0 Å². The molecule has 11 aromatic carbocycles. The molecule has 0 saturated carbocycles. The molecule has 0 spiro atoms. The second-order valence-corrected chi connectivity index (χ2v) is 22.3. The van der Waals surface area contributed by atoms with Gasteiger partial charge in [-0.1, -0.05) is 211 Å². The number of fused-ring (bicyclic) bond motifs is 12. The Morgan fingerprint density at radius 2 is 0.692 bits per heavy atom. The van der Waals surface area contributed by atoms with Gasteiger partial charge in [0, 0.05) is 65.8 Å². The fraction of sp³-hybridized carbons (Fsp3) is 0.108. The van der Waals surface area contributed by atoms with Crippen molar-refractivity contribution in [1.82, 2.24) is 8.80 Å². The van der Waals surface area contributed by atoms with E-state index in [0.29, 0.717) is 56.0 Å². The predicted molar refractivity (Wildman–Crippen MR) is 333 cm³/mol. The van der Waals surface area contributed by atoms with Gasteiger partial charge < -0.3 is 18.6 Å². The van der Waals surface area contributed by atoms with E-state index in [0.717, 1.165) is 76.5 Å². The van der Waals surface area contributed by atoms with E-state index in [1.807, 2.05) is 107 Å². The van der Waals surface area contributed by atoms with Gasteiger partial charge in [-0.15, -0.1) is 0 Å². The lowest BCUT2D eigenvalue weighted by molar-refractivity contribution is 0.594. The fourth-order valence-corrected chi connectivity index (χ4v) is 12.2. The highest BCUT2D eigenvalue weighted by Crippen LogP contribution is 2.53. The van der Waals surface area contributed by atoms with Crippen LogP contribution in [-0.4, -0.2) is 8.80 Å². The van der Waals surface area contributed by atoms with Gasteiger partial charge in [0.1, 0.15) is 0 Å². The summed E-state index contributed by atoms with van der Waals surface area (Å²) in [7, 11) is 0. The van der Waals surface area contributed by atoms with E-state index in [1.165, 1.54) is 0 Å². The summed E-state index contributed by atoms with van der Waals surface area (Å²) in [6.07, 6.45) is 0. The third kappa shape index (κ3) is 6.85. The monoisotopic (exact) mass is 1020 g/mol. The van der Waals surface area contributed by atoms with Crippen LogP contribution in [0.2, 0.25) is 0 Å². The minimum Gasteiger partial charge on any atom is -0.310 e. The van der Waals surface area contributed by atoms with Crippen molar-refractivity contribution in [1.29, 1.82) is 0 Å². The van der Waals surface area contributed by atoms with Gasteiger partial charge in [-0.05, 0) is 117 Å². The predicted octanol–water partition coefficient (Wildman–Crippen LogP) is 20.9. The first-order valence-electron chi connectivity index (χ1n) is 33.3. The molecule has 0 amide bonds. The van der Waals surface area contributed by atoms with Crippen LogP contribution in [0.3, 0.4) is 0 Å². The van der Waals surface area contributed by atoms with Crippen LogP contribution in [0.4, 0.5) is 34.1 Å². The largest absolute Gasteiger partial charge is 0.310 e. The maximum absolute atomic E-state index is 10.5. The topological polar surface area (TPSA) is 15.3 Å². The van der Waals surface area contributed by atoms with Gasteiger partial charge in [0.25, 0.3) is 0 Å². The molecule has 15 rings (SSSR count). The Labute approximate surface area is 474 Å². The average Bonchev–Trinajstić information content (AvgIpc) is 1.50. The second kappa shape index (κ2) is 17.1. The molecule has 4 nitrogen and oxygen atoms in total. The molecule has 0 fully saturated rings. The van der Waals surface area contributed by atoms with Crippen molar-refractivity contribution in [3.63, 3.8) is 0 Å². The fourth-order valence-electron chi connectivity index (χ4n) is 12.2. The molecule has 0 radical (unpaired) electrons. The zero-order valence-corrected chi connectivity index (χ0v) is 43.8. The minimum absolute atomic E-state index is 0.00865. The maximum atomic E-state index is 10.5. The number of nitrogens with zero attached hydrogens (tertiary/aromatic N) is 4. The van der Waals surface area contributed by atoms with E-state index in [2.05, 4.69) is 86.7 Å². The molecule has 0 aliphatic carbocycles. The first-order valence-corrected chi connectivity index (χ1v) is 26.3. The van der Waals surface area contributed by atoms with Crippen LogP contribution in [0.5, 0.6) is 0 Å². The molecule has 0 bridgehead atoms. The highest BCUT2D eigenvalue weighted by atomic mass is 15.2. The summed E-state index contributed by atoms with van der Waals surface area (Å²) in [5.41, 5.74) is 10.5. The van der Waals surface area contributed by atoms with Crippen molar-refractivity contribution in [2.75, 3.05) is 9.80 Å². The molecular weight excluding hydrogens is 945 g/mol. The lowest BCUT2D eigenvalue weighted by atomic mass is 9.85. The Morgan fingerprint density at radius 3 is 1.06 bits per heavy atom. The van der Waals surface area contributed by atoms with E-state index in [9.17, 15) is 5.48 Å². The zero-order valence-electron chi connectivity index (χ0n) is 57.8. The van der Waals surface area contributed by atoms with Crippen LogP contribution >= 0.6 is 0 Å². The summed E-state index contributed by atoms with van der Waals surface area (Å²) in [5.74, 6) is 0. The number of hydrogen-bond acceptors (Lipinski definition) is 2. The Morgan fingerprint density at radius 1 is 0.321 bits per heavy atom. The first kappa shape index (κ1) is 33.6. The van der Waals surface area contributed by atoms with E-state index in [-0.39, 0.29) is 59.5 Å². The van der Waals surface area contributed by atoms with Gasteiger partial charge in [-0.25, -0.2) is 0 Å². The summed E-state index contributed by atoms with van der Waals surface area (Å²) >= 11 is 0. The molecule has 4 heterocycles. The minimum atomic E-state index is -0.476. The summed E-state index contributed by atoms with van der Waals surface area (Å²) in [6, 6.07) is 46.2. The Balaban J connectivity index is 1.05. The van der Waals surface area contributed by atoms with Crippen molar-refractivity contribution in [2.24, 2.45) is 0 Å². The van der Waals surface area contributed by atoms with Crippen molar-refractivity contribution in [3.8, 4) is 22.3 Å². The van der Waals surface area contributed by atoms with Crippen molar-refractivity contribution < 1.29 is 19.2 Å². The molecule has 4 aromatic heterocycles. The van der Waals surface area contributed by atoms with Gasteiger partial charge in [0.2, 0.25) is 0 Å². The quantitative estimate of drug-likeness (QED) is 0.151. The molecule has 4 heteroatoms. The SMILES string of the molecule is [2H]c1c([2H])c([2H])c(-c2ccc(N(c3ccccc3)c3c([2H])c([2H])c4c5cc6c(cc5n5c7c(C(C)(C)C)cccc7c3c45)c3c([2H])c([2H])c(N(c4ccccc4)c4ccc(-c5c([2H])c([2H])c([2H])c([2H])c5[2H])cc4)c4c5cccc(C(C)(C)C)c5n6c34)cc2)c([2H])c1[2H]. The summed E-state index contributed by atoms with van der Waals surface area (Å²) in [6.45, 7) is 13.0. The van der Waals surface area contributed by atoms with Crippen LogP contribution in [0, 0.1) is 0 Å². The average molecular weight is 1020 g/mol. The standard InChI is InChI=1S/C74H58N4/c1-73(2,3)61-31-19-29-57-67-63(75(51-25-15-9-16-26-51)53-37-33-49(34-38-53)47-21-11-7-12-22-47)43-41-55-59-46-66-60(45-65(59)77(69(57)61)71(55)67)56-42-44-64(68-58-30-20-32-62(74(4,5)6)70(58)78(66)72(56)68)76(52-27-17-10-18-28-52)54-39-35-50(36-40-54)48-23-13-8-14-24-48/h7-46H,1-6H3/i7D,8D,11D,12D,13D,14D,21D,22D,23D,24D,41D,42D,43D,44D. The molecule has 0 saturated heterocycles. The Kier molecular flexibility index (Phi) is 7.35. The Hall–Kier alpha value is -9.38. The van der Waals surface area contributed by atoms with Gasteiger partial charge in [0.15, 0.2) is 0 Å². The molecule has 374 valence electrons. The molecule has 15 aromatic rings. The maximum Gasteiger partial charge on any atom is 0.0645 e. The molecule has 0 unspecified atom stereocenters. The summed E-state index contributed by atoms with van der Waals surface area (Å²) in [4.78, 5) is 3.95. The highest BCUT2D eigenvalue weighted by Gasteiger charge is 2.31. The van der Waals surface area contributed by atoms with E-state index < -0.39 is 47.1 Å². The molecule has 78 heavy (non-hydrogen) atoms. The highest BCUT2D eigenvalue weighted by molar-refractivity contribution is 6.32. The smallest absolute Gasteiger partial charge is 0.0645 e. The van der Waals surface area contributed by atoms with Crippen LogP contribution in [-0.2, 0) is 10.8 Å². The number of benzene rings is 11. The Bertz CT molecular complexity index is 5230. The van der Waals surface area contributed by atoms with Crippen LogP contribution < -0.4 is 9.80 Å². The van der Waals surface area contributed by atoms with Crippen LogP contribution in [0.1, 0.15) is 71.9 Å². The lowest BCUT2D eigenvalue weighted by Gasteiger charge is -2.27. The number of anilines is 6. The van der Waals surface area contributed by atoms with Crippen LogP contribution in [0.25, 0.3) is 98.4 Å². The summed E-state index contributed by atoms with van der Waals surface area (Å²) in [5, 5.41) is 5.79. The normalized spacial score (nSPS) is 15.0. The zero-order chi connectivity index (χ0) is 64.8. The first-order chi connectivity index (χ1) is 43.8. The number of rotatable bonds is 8. The number of hydrogen-bond donors (Lipinski definition) is 0. The number of para-hydroxylation sites is 4. The van der Waals surface area contributed by atoms with Gasteiger partial charge in [0.05, 0.1) is 63.7 Å². The molecular formula is C74H58N4. The second-order valence-electron chi connectivity index (χ2n) is 22.3. The van der Waals surface area contributed by atoms with Crippen molar-refractivity contribution in [3.05, 3.63) is 253 Å². The molecule has 0 N–H and O–H groups in total. The van der Waals surface area contributed by atoms with Gasteiger partial charge >= 0.3 is 0 Å². The summed E-state index contributed by atoms with van der Waals surface area (Å²) < 4.78 is 132. The molecule has 0 aliphatic heterocycles. The third-order valence-corrected chi connectivity index (χ3v) is 15.6. The van der Waals surface area contributed by atoms with Gasteiger partial charge in [-0.3, -0.25) is 0 Å². The molecule has 0 atom stereocenters. The lowest BCUT2D eigenvalue weighted by Crippen LogP contribution is -2.12. The van der Waals surface area contributed by atoms with E-state index >= 15 is 0 Å². The molecule has 0 aliphatic rings. The van der Waals surface area contributed by atoms with Crippen LogP contribution in [0.15, 0.2) is 242 Å². The third-order valence-electron chi connectivity index (χ3n) is 15.6. The van der Waals surface area contributed by atoms with Crippen molar-refractivity contribution in [2.45, 2.75) is 52.4 Å². The van der Waals surface area contributed by atoms with E-state index in [1.54, 1.807) is 24.3 Å². The number of aromatic nitrogens is 2. The van der Waals surface area contributed by atoms with E-state index in [4.69, 9.17) is 13.7 Å².